The van der Waals surface area contributed by atoms with Gasteiger partial charge in [-0.05, 0) is 27.7 Å². The fourth-order valence-electron chi connectivity index (χ4n) is 3.72. The van der Waals surface area contributed by atoms with Crippen LogP contribution in [0.4, 0.5) is 16.2 Å². The predicted octanol–water partition coefficient (Wildman–Crippen LogP) is 1.17. The molecule has 3 rings (SSSR count). The van der Waals surface area contributed by atoms with E-state index in [1.807, 2.05) is 0 Å². The van der Waals surface area contributed by atoms with Gasteiger partial charge >= 0.3 is 5.97 Å². The SMILES string of the molecule is CC(=O)Nc1nc(N(C)C)c2ncn([C@@H]3O[C@H](CO[PH](=O)N[C@@H](C)C(=O)OC(C)C)[C@@H](O)[C@@]3(C)F)c2n1. The highest BCUT2D eigenvalue weighted by atomic mass is 31.1. The van der Waals surface area contributed by atoms with Crippen molar-refractivity contribution in [2.24, 2.45) is 0 Å². The Bertz CT molecular complexity index is 1180. The zero-order valence-electron chi connectivity index (χ0n) is 21.7. The Balaban J connectivity index is 1.79. The number of carbonyl (C=O) groups is 2. The van der Waals surface area contributed by atoms with Crippen LogP contribution in [-0.4, -0.2) is 87.2 Å². The van der Waals surface area contributed by atoms with Crippen molar-refractivity contribution >= 4 is 43.0 Å². The maximum Gasteiger partial charge on any atom is 0.323 e. The van der Waals surface area contributed by atoms with E-state index in [-0.39, 0.29) is 17.7 Å². The van der Waals surface area contributed by atoms with Gasteiger partial charge in [-0.2, -0.15) is 9.97 Å². The van der Waals surface area contributed by atoms with Crippen LogP contribution in [0.25, 0.3) is 11.2 Å². The van der Waals surface area contributed by atoms with Gasteiger partial charge in [-0.15, -0.1) is 0 Å². The second-order valence-corrected chi connectivity index (χ2v) is 10.5. The number of anilines is 2. The van der Waals surface area contributed by atoms with Gasteiger partial charge in [-0.1, -0.05) is 0 Å². The molecule has 0 aromatic carbocycles. The minimum absolute atomic E-state index is 0.0146. The standard InChI is InChI=1S/C21H33FN7O7P/c1-10(2)35-18(32)11(3)27-37(33)34-8-13-15(31)21(5,22)19(36-13)29-9-23-14-16(28(6)7)25-20(24-12(4)30)26-17(14)29/h9-11,13,15,19,31,37H,8H2,1-7H3,(H,27,33)(H,24,25,26,30)/t11-,13+,15+,19+,21+/m0/s1. The lowest BCUT2D eigenvalue weighted by molar-refractivity contribution is -0.149. The summed E-state index contributed by atoms with van der Waals surface area (Å²) < 4.78 is 45.5. The molecule has 0 bridgehead atoms. The van der Waals surface area contributed by atoms with Gasteiger partial charge in [0.05, 0.1) is 19.0 Å². The summed E-state index contributed by atoms with van der Waals surface area (Å²) in [6, 6.07) is -0.900. The van der Waals surface area contributed by atoms with E-state index in [9.17, 15) is 19.3 Å². The molecule has 14 nitrogen and oxygen atoms in total. The molecule has 1 aliphatic heterocycles. The van der Waals surface area contributed by atoms with E-state index in [1.165, 1.54) is 24.7 Å². The van der Waals surface area contributed by atoms with Crippen LogP contribution in [-0.2, 0) is 28.2 Å². The van der Waals surface area contributed by atoms with Crippen molar-refractivity contribution in [2.45, 2.75) is 70.9 Å². The number of hydrogen-bond acceptors (Lipinski definition) is 11. The van der Waals surface area contributed by atoms with Crippen LogP contribution in [0.15, 0.2) is 6.33 Å². The van der Waals surface area contributed by atoms with E-state index in [0.29, 0.717) is 11.3 Å². The van der Waals surface area contributed by atoms with Crippen molar-refractivity contribution in [3.05, 3.63) is 6.33 Å². The first-order valence-corrected chi connectivity index (χ1v) is 12.9. The summed E-state index contributed by atoms with van der Waals surface area (Å²) in [5, 5.41) is 15.7. The number of rotatable bonds is 10. The number of nitrogens with zero attached hydrogens (tertiary/aromatic N) is 5. The molecular formula is C21H33FN7O7P. The lowest BCUT2D eigenvalue weighted by atomic mass is 9.98. The van der Waals surface area contributed by atoms with Gasteiger partial charge in [0.25, 0.3) is 8.18 Å². The fourth-order valence-corrected chi connectivity index (χ4v) is 4.59. The minimum atomic E-state index is -2.95. The van der Waals surface area contributed by atoms with Crippen LogP contribution in [0.3, 0.4) is 0 Å². The van der Waals surface area contributed by atoms with Crippen LogP contribution in [0.1, 0.15) is 40.8 Å². The summed E-state index contributed by atoms with van der Waals surface area (Å²) in [6.07, 6.45) is -3.27. The Hall–Kier alpha value is -2.71. The Kier molecular flexibility index (Phi) is 8.85. The van der Waals surface area contributed by atoms with Crippen LogP contribution in [0.5, 0.6) is 0 Å². The monoisotopic (exact) mass is 545 g/mol. The van der Waals surface area contributed by atoms with Crippen molar-refractivity contribution in [3.63, 3.8) is 0 Å². The summed E-state index contributed by atoms with van der Waals surface area (Å²) in [7, 11) is 0.493. The molecule has 0 aliphatic carbocycles. The number of imidazole rings is 1. The quantitative estimate of drug-likeness (QED) is 0.288. The second-order valence-electron chi connectivity index (χ2n) is 9.34. The number of nitrogens with one attached hydrogen (secondary N) is 2. The molecule has 37 heavy (non-hydrogen) atoms. The molecule has 3 heterocycles. The summed E-state index contributed by atoms with van der Waals surface area (Å²) in [6.45, 7) is 6.87. The van der Waals surface area contributed by atoms with Crippen molar-refractivity contribution in [3.8, 4) is 0 Å². The zero-order chi connectivity index (χ0) is 27.7. The molecule has 1 unspecified atom stereocenters. The van der Waals surface area contributed by atoms with E-state index < -0.39 is 56.8 Å². The van der Waals surface area contributed by atoms with E-state index in [1.54, 1.807) is 32.8 Å². The van der Waals surface area contributed by atoms with Gasteiger partial charge in [-0.25, -0.2) is 14.5 Å². The topological polar surface area (TPSA) is 170 Å². The molecule has 1 aliphatic rings. The van der Waals surface area contributed by atoms with Gasteiger partial charge in [-0.3, -0.25) is 24.0 Å². The molecule has 1 saturated heterocycles. The summed E-state index contributed by atoms with van der Waals surface area (Å²) in [5.41, 5.74) is -1.83. The molecule has 3 N–H and O–H groups in total. The van der Waals surface area contributed by atoms with Gasteiger partial charge in [0.2, 0.25) is 11.9 Å². The maximum absolute atomic E-state index is 15.8. The van der Waals surface area contributed by atoms with Crippen LogP contribution < -0.4 is 15.3 Å². The third kappa shape index (κ3) is 6.41. The normalized spacial score (nSPS) is 25.3. The smallest absolute Gasteiger partial charge is 0.323 e. The molecule has 0 radical (unpaired) electrons. The number of esters is 1. The lowest BCUT2D eigenvalue weighted by Gasteiger charge is -2.24. The fraction of sp³-hybridized carbons (Fsp3) is 0.667. The zero-order valence-corrected chi connectivity index (χ0v) is 22.7. The maximum atomic E-state index is 15.8. The van der Waals surface area contributed by atoms with Gasteiger partial charge in [0, 0.05) is 21.0 Å². The number of hydrogen-bond donors (Lipinski definition) is 3. The molecule has 206 valence electrons. The third-order valence-electron chi connectivity index (χ3n) is 5.50. The van der Waals surface area contributed by atoms with Crippen LogP contribution >= 0.6 is 8.18 Å². The van der Waals surface area contributed by atoms with E-state index in [4.69, 9.17) is 14.0 Å². The number of aliphatic hydroxyl groups is 1. The van der Waals surface area contributed by atoms with Crippen LogP contribution in [0.2, 0.25) is 0 Å². The number of carbonyl (C=O) groups excluding carboxylic acids is 2. The van der Waals surface area contributed by atoms with Crippen molar-refractivity contribution < 1.29 is 37.6 Å². The molecule has 1 amide bonds. The average Bonchev–Trinajstić information content (AvgIpc) is 3.29. The Morgan fingerprint density at radius 3 is 2.62 bits per heavy atom. The average molecular weight is 546 g/mol. The minimum Gasteiger partial charge on any atom is -0.462 e. The molecule has 6 atom stereocenters. The molecule has 2 aromatic heterocycles. The number of aromatic nitrogens is 4. The lowest BCUT2D eigenvalue weighted by Crippen LogP contribution is -2.40. The predicted molar refractivity (Wildman–Crippen MR) is 132 cm³/mol. The first kappa shape index (κ1) is 28.9. The highest BCUT2D eigenvalue weighted by Crippen LogP contribution is 2.43. The summed E-state index contributed by atoms with van der Waals surface area (Å²) in [4.78, 5) is 38.0. The van der Waals surface area contributed by atoms with Crippen molar-refractivity contribution in [1.82, 2.24) is 24.6 Å². The number of aliphatic hydroxyl groups excluding tert-OH is 1. The summed E-state index contributed by atoms with van der Waals surface area (Å²) >= 11 is 0. The highest BCUT2D eigenvalue weighted by molar-refractivity contribution is 7.36. The first-order chi connectivity index (χ1) is 17.2. The molecule has 16 heteroatoms. The first-order valence-electron chi connectivity index (χ1n) is 11.6. The Morgan fingerprint density at radius 2 is 2.03 bits per heavy atom. The van der Waals surface area contributed by atoms with Gasteiger partial charge in [0.15, 0.2) is 28.9 Å². The van der Waals surface area contributed by atoms with E-state index in [2.05, 4.69) is 25.4 Å². The number of alkyl halides is 1. The summed E-state index contributed by atoms with van der Waals surface area (Å²) in [5.74, 6) is -0.637. The molecule has 1 fully saturated rings. The van der Waals surface area contributed by atoms with E-state index >= 15 is 4.39 Å². The molecule has 2 aromatic rings. The van der Waals surface area contributed by atoms with Crippen LogP contribution in [0, 0.1) is 0 Å². The molecule has 0 saturated carbocycles. The van der Waals surface area contributed by atoms with E-state index in [0.717, 1.165) is 6.92 Å². The Labute approximate surface area is 213 Å². The van der Waals surface area contributed by atoms with Crippen molar-refractivity contribution in [1.29, 1.82) is 0 Å². The second kappa shape index (κ2) is 11.4. The molecule has 0 spiro atoms. The number of amides is 1. The number of halogens is 1. The highest BCUT2D eigenvalue weighted by Gasteiger charge is 2.55. The van der Waals surface area contributed by atoms with Gasteiger partial charge < -0.3 is 24.0 Å². The Morgan fingerprint density at radius 1 is 1.35 bits per heavy atom. The van der Waals surface area contributed by atoms with Crippen molar-refractivity contribution in [2.75, 3.05) is 30.9 Å². The number of fused-ring (bicyclic) bond motifs is 1. The molecular weight excluding hydrogens is 512 g/mol. The van der Waals surface area contributed by atoms with Gasteiger partial charge in [0.1, 0.15) is 18.2 Å². The largest absolute Gasteiger partial charge is 0.462 e. The third-order valence-corrected chi connectivity index (χ3v) is 6.60. The number of ether oxygens (including phenoxy) is 2.